The maximum Gasteiger partial charge on any atom is 0.0513 e. The van der Waals surface area contributed by atoms with E-state index in [9.17, 15) is 0 Å². The fraction of sp³-hybridized carbons (Fsp3) is 0.429. The van der Waals surface area contributed by atoms with Crippen LogP contribution in [0.15, 0.2) is 18.3 Å². The molecule has 16 heavy (non-hydrogen) atoms. The van der Waals surface area contributed by atoms with Gasteiger partial charge in [-0.15, -0.1) is 0 Å². The predicted molar refractivity (Wildman–Crippen MR) is 69.6 cm³/mol. The SMILES string of the molecule is Cc1ccc2c(C(C)(C)N)cn(C)c2c1C. The zero-order valence-electron chi connectivity index (χ0n) is 10.8. The molecule has 0 bridgehead atoms. The van der Waals surface area contributed by atoms with E-state index in [1.165, 1.54) is 27.6 Å². The van der Waals surface area contributed by atoms with Crippen molar-refractivity contribution in [3.05, 3.63) is 35.0 Å². The molecule has 1 aromatic heterocycles. The van der Waals surface area contributed by atoms with Crippen LogP contribution in [-0.4, -0.2) is 4.57 Å². The topological polar surface area (TPSA) is 30.9 Å². The van der Waals surface area contributed by atoms with Crippen molar-refractivity contribution in [2.75, 3.05) is 0 Å². The van der Waals surface area contributed by atoms with E-state index in [0.29, 0.717) is 0 Å². The van der Waals surface area contributed by atoms with Crippen molar-refractivity contribution < 1.29 is 0 Å². The van der Waals surface area contributed by atoms with Gasteiger partial charge in [0.05, 0.1) is 5.52 Å². The molecular weight excluding hydrogens is 196 g/mol. The highest BCUT2D eigenvalue weighted by molar-refractivity contribution is 5.88. The fourth-order valence-corrected chi connectivity index (χ4v) is 2.31. The minimum Gasteiger partial charge on any atom is -0.350 e. The normalized spacial score (nSPS) is 12.4. The first-order valence-electron chi connectivity index (χ1n) is 5.67. The van der Waals surface area contributed by atoms with Gasteiger partial charge < -0.3 is 10.3 Å². The van der Waals surface area contributed by atoms with Gasteiger partial charge in [0, 0.05) is 24.2 Å². The standard InChI is InChI=1S/C14H20N2/c1-9-6-7-11-12(14(3,4)15)8-16(5)13(11)10(9)2/h6-8H,15H2,1-5H3. The smallest absolute Gasteiger partial charge is 0.0513 e. The van der Waals surface area contributed by atoms with Gasteiger partial charge in [-0.25, -0.2) is 0 Å². The molecule has 2 rings (SSSR count). The van der Waals surface area contributed by atoms with Gasteiger partial charge in [0.1, 0.15) is 0 Å². The number of aromatic nitrogens is 1. The molecule has 0 aliphatic carbocycles. The van der Waals surface area contributed by atoms with Crippen molar-refractivity contribution >= 4 is 10.9 Å². The molecule has 0 saturated carbocycles. The molecule has 2 aromatic rings. The molecule has 0 aliphatic rings. The van der Waals surface area contributed by atoms with Crippen LogP contribution in [0.1, 0.15) is 30.5 Å². The van der Waals surface area contributed by atoms with Crippen LogP contribution in [0, 0.1) is 13.8 Å². The largest absolute Gasteiger partial charge is 0.350 e. The lowest BCUT2D eigenvalue weighted by Gasteiger charge is -2.17. The second-order valence-electron chi connectivity index (χ2n) is 5.28. The quantitative estimate of drug-likeness (QED) is 0.780. The van der Waals surface area contributed by atoms with Crippen LogP contribution in [0.3, 0.4) is 0 Å². The summed E-state index contributed by atoms with van der Waals surface area (Å²) in [5, 5.41) is 1.28. The average molecular weight is 216 g/mol. The molecule has 0 aliphatic heterocycles. The van der Waals surface area contributed by atoms with Crippen LogP contribution in [0.2, 0.25) is 0 Å². The van der Waals surface area contributed by atoms with Gasteiger partial charge in [0.25, 0.3) is 0 Å². The van der Waals surface area contributed by atoms with Crippen LogP contribution >= 0.6 is 0 Å². The lowest BCUT2D eigenvalue weighted by atomic mass is 9.94. The zero-order valence-corrected chi connectivity index (χ0v) is 10.8. The first-order valence-corrected chi connectivity index (χ1v) is 5.67. The molecule has 86 valence electrons. The van der Waals surface area contributed by atoms with Gasteiger partial charge in [-0.3, -0.25) is 0 Å². The summed E-state index contributed by atoms with van der Waals surface area (Å²) in [5.74, 6) is 0. The summed E-state index contributed by atoms with van der Waals surface area (Å²) in [4.78, 5) is 0. The first-order chi connectivity index (χ1) is 7.32. The fourth-order valence-electron chi connectivity index (χ4n) is 2.31. The Balaban J connectivity index is 2.88. The number of rotatable bonds is 1. The Bertz CT molecular complexity index is 542. The minimum atomic E-state index is -0.290. The van der Waals surface area contributed by atoms with E-state index in [1.54, 1.807) is 0 Å². The van der Waals surface area contributed by atoms with Gasteiger partial charge in [0.15, 0.2) is 0 Å². The van der Waals surface area contributed by atoms with Gasteiger partial charge in [-0.05, 0) is 44.4 Å². The van der Waals surface area contributed by atoms with Crippen molar-refractivity contribution in [3.63, 3.8) is 0 Å². The van der Waals surface area contributed by atoms with E-state index >= 15 is 0 Å². The Labute approximate surface area is 97.1 Å². The maximum absolute atomic E-state index is 6.21. The molecule has 0 saturated heterocycles. The monoisotopic (exact) mass is 216 g/mol. The van der Waals surface area contributed by atoms with Crippen molar-refractivity contribution in [1.82, 2.24) is 4.57 Å². The number of hydrogen-bond donors (Lipinski definition) is 1. The van der Waals surface area contributed by atoms with Crippen molar-refractivity contribution in [3.8, 4) is 0 Å². The molecule has 0 spiro atoms. The average Bonchev–Trinajstić information content (AvgIpc) is 2.50. The summed E-state index contributed by atoms with van der Waals surface area (Å²) < 4.78 is 2.18. The van der Waals surface area contributed by atoms with Crippen LogP contribution < -0.4 is 5.73 Å². The molecule has 0 fully saturated rings. The molecule has 2 nitrogen and oxygen atoms in total. The third-order valence-electron chi connectivity index (χ3n) is 3.36. The molecule has 1 aromatic carbocycles. The van der Waals surface area contributed by atoms with Crippen molar-refractivity contribution in [1.29, 1.82) is 0 Å². The molecule has 2 N–H and O–H groups in total. The van der Waals surface area contributed by atoms with Crippen molar-refractivity contribution in [2.24, 2.45) is 12.8 Å². The van der Waals surface area contributed by atoms with E-state index in [2.05, 4.69) is 57.6 Å². The number of hydrogen-bond acceptors (Lipinski definition) is 1. The Morgan fingerprint density at radius 2 is 1.81 bits per heavy atom. The number of fused-ring (bicyclic) bond motifs is 1. The molecule has 2 heteroatoms. The summed E-state index contributed by atoms with van der Waals surface area (Å²) in [6, 6.07) is 4.36. The minimum absolute atomic E-state index is 0.290. The highest BCUT2D eigenvalue weighted by atomic mass is 14.9. The number of benzene rings is 1. The first kappa shape index (κ1) is 11.2. The summed E-state index contributed by atoms with van der Waals surface area (Å²) >= 11 is 0. The Hall–Kier alpha value is -1.28. The highest BCUT2D eigenvalue weighted by Crippen LogP contribution is 2.31. The van der Waals surface area contributed by atoms with E-state index in [-0.39, 0.29) is 5.54 Å². The van der Waals surface area contributed by atoms with E-state index in [4.69, 9.17) is 5.73 Å². The zero-order chi connectivity index (χ0) is 12.1. The molecule has 1 heterocycles. The lowest BCUT2D eigenvalue weighted by molar-refractivity contribution is 0.557. The Morgan fingerprint density at radius 3 is 2.38 bits per heavy atom. The number of nitrogens with two attached hydrogens (primary N) is 1. The second-order valence-corrected chi connectivity index (χ2v) is 5.28. The van der Waals surface area contributed by atoms with E-state index < -0.39 is 0 Å². The van der Waals surface area contributed by atoms with Gasteiger partial charge in [-0.2, -0.15) is 0 Å². The summed E-state index contributed by atoms with van der Waals surface area (Å²) in [6.45, 7) is 8.42. The third kappa shape index (κ3) is 1.54. The Kier molecular flexibility index (Phi) is 2.35. The van der Waals surface area contributed by atoms with Crippen LogP contribution in [0.5, 0.6) is 0 Å². The molecular formula is C14H20N2. The van der Waals surface area contributed by atoms with Crippen LogP contribution in [-0.2, 0) is 12.6 Å². The summed E-state index contributed by atoms with van der Waals surface area (Å²) in [7, 11) is 2.09. The second kappa shape index (κ2) is 3.36. The number of aryl methyl sites for hydroxylation is 3. The molecule has 0 atom stereocenters. The lowest BCUT2D eigenvalue weighted by Crippen LogP contribution is -2.28. The predicted octanol–water partition coefficient (Wildman–Crippen LogP) is 2.99. The van der Waals surface area contributed by atoms with E-state index in [1.807, 2.05) is 0 Å². The summed E-state index contributed by atoms with van der Waals surface area (Å²) in [5.41, 5.74) is 11.1. The van der Waals surface area contributed by atoms with E-state index in [0.717, 1.165) is 0 Å². The van der Waals surface area contributed by atoms with Crippen molar-refractivity contribution in [2.45, 2.75) is 33.2 Å². The van der Waals surface area contributed by atoms with Gasteiger partial charge >= 0.3 is 0 Å². The van der Waals surface area contributed by atoms with Gasteiger partial charge in [-0.1, -0.05) is 12.1 Å². The van der Waals surface area contributed by atoms with Crippen LogP contribution in [0.4, 0.5) is 0 Å². The highest BCUT2D eigenvalue weighted by Gasteiger charge is 2.20. The van der Waals surface area contributed by atoms with Crippen LogP contribution in [0.25, 0.3) is 10.9 Å². The molecule has 0 amide bonds. The maximum atomic E-state index is 6.21. The Morgan fingerprint density at radius 1 is 1.19 bits per heavy atom. The molecule has 0 unspecified atom stereocenters. The third-order valence-corrected chi connectivity index (χ3v) is 3.36. The molecule has 0 radical (unpaired) electrons. The summed E-state index contributed by atoms with van der Waals surface area (Å²) in [6.07, 6.45) is 2.15. The van der Waals surface area contributed by atoms with Gasteiger partial charge in [0.2, 0.25) is 0 Å². The number of nitrogens with zero attached hydrogens (tertiary/aromatic N) is 1.